The van der Waals surface area contributed by atoms with E-state index in [0.29, 0.717) is 12.0 Å². The number of allylic oxidation sites excluding steroid dienone is 1. The highest BCUT2D eigenvalue weighted by Crippen LogP contribution is 2.39. The summed E-state index contributed by atoms with van der Waals surface area (Å²) in [6.45, 7) is 15.6. The van der Waals surface area contributed by atoms with E-state index in [9.17, 15) is 0 Å². The van der Waals surface area contributed by atoms with Crippen molar-refractivity contribution in [2.24, 2.45) is 0 Å². The molecule has 0 spiro atoms. The van der Waals surface area contributed by atoms with E-state index in [0.717, 1.165) is 70.2 Å². The molecule has 2 saturated heterocycles. The smallest absolute Gasteiger partial charge is 0.225 e. The van der Waals surface area contributed by atoms with Gasteiger partial charge in [-0.25, -0.2) is 4.98 Å². The van der Waals surface area contributed by atoms with Crippen molar-refractivity contribution < 1.29 is 4.74 Å². The van der Waals surface area contributed by atoms with Gasteiger partial charge >= 0.3 is 0 Å². The van der Waals surface area contributed by atoms with Crippen LogP contribution in [0.1, 0.15) is 63.3 Å². The number of nitrogens with zero attached hydrogens (tertiary/aromatic N) is 4. The molecule has 1 atom stereocenters. The van der Waals surface area contributed by atoms with E-state index in [-0.39, 0.29) is 11.6 Å². The molecule has 1 aromatic heterocycles. The van der Waals surface area contributed by atoms with Crippen LogP contribution in [0.25, 0.3) is 5.57 Å². The lowest BCUT2D eigenvalue weighted by Crippen LogP contribution is -2.56. The highest BCUT2D eigenvalue weighted by molar-refractivity contribution is 5.77. The quantitative estimate of drug-likeness (QED) is 0.648. The Morgan fingerprint density at radius 2 is 1.77 bits per heavy atom. The monoisotopic (exact) mass is 476 g/mol. The fourth-order valence-corrected chi connectivity index (χ4v) is 5.78. The van der Waals surface area contributed by atoms with Crippen molar-refractivity contribution in [3.05, 3.63) is 53.2 Å². The first-order valence-electron chi connectivity index (χ1n) is 13.2. The first-order valence-corrected chi connectivity index (χ1v) is 13.2. The largest absolute Gasteiger partial charge is 0.381 e. The summed E-state index contributed by atoms with van der Waals surface area (Å²) >= 11 is 0. The average Bonchev–Trinajstić information content (AvgIpc) is 2.89. The Morgan fingerprint density at radius 1 is 1.06 bits per heavy atom. The van der Waals surface area contributed by atoms with Gasteiger partial charge in [-0.2, -0.15) is 4.98 Å². The summed E-state index contributed by atoms with van der Waals surface area (Å²) in [5.74, 6) is 1.71. The molecule has 0 aliphatic carbocycles. The average molecular weight is 477 g/mol. The van der Waals surface area contributed by atoms with Gasteiger partial charge in [0.1, 0.15) is 5.82 Å². The van der Waals surface area contributed by atoms with Crippen molar-refractivity contribution in [3.8, 4) is 0 Å². The molecule has 188 valence electrons. The van der Waals surface area contributed by atoms with Gasteiger partial charge in [-0.3, -0.25) is 4.90 Å². The van der Waals surface area contributed by atoms with E-state index in [2.05, 4.69) is 83.5 Å². The molecule has 2 fully saturated rings. The van der Waals surface area contributed by atoms with Crippen LogP contribution in [0.3, 0.4) is 0 Å². The zero-order chi connectivity index (χ0) is 24.4. The van der Waals surface area contributed by atoms with Crippen molar-refractivity contribution in [3.63, 3.8) is 0 Å². The normalized spacial score (nSPS) is 21.4. The third-order valence-electron chi connectivity index (χ3n) is 8.02. The lowest BCUT2D eigenvalue weighted by atomic mass is 9.80. The minimum Gasteiger partial charge on any atom is -0.381 e. The number of benzene rings is 1. The number of ether oxygens (including phenoxy) is 1. The predicted octanol–water partition coefficient (Wildman–Crippen LogP) is 4.19. The third kappa shape index (κ3) is 4.82. The highest BCUT2D eigenvalue weighted by atomic mass is 16.5. The van der Waals surface area contributed by atoms with Crippen LogP contribution < -0.4 is 15.5 Å². The summed E-state index contributed by atoms with van der Waals surface area (Å²) in [6, 6.07) is 9.72. The summed E-state index contributed by atoms with van der Waals surface area (Å²) in [5, 5.41) is 7.05. The minimum atomic E-state index is 0.0861. The van der Waals surface area contributed by atoms with Crippen LogP contribution in [-0.2, 0) is 10.3 Å². The number of fused-ring (bicyclic) bond motifs is 1. The van der Waals surface area contributed by atoms with Gasteiger partial charge in [-0.15, -0.1) is 0 Å². The zero-order valence-electron chi connectivity index (χ0n) is 21.7. The maximum Gasteiger partial charge on any atom is 0.225 e. The van der Waals surface area contributed by atoms with Crippen molar-refractivity contribution in [2.45, 2.75) is 58.2 Å². The molecule has 7 heteroatoms. The van der Waals surface area contributed by atoms with Crippen LogP contribution in [0, 0.1) is 0 Å². The van der Waals surface area contributed by atoms with Gasteiger partial charge in [-0.05, 0) is 57.2 Å². The molecule has 2 N–H and O–H groups in total. The summed E-state index contributed by atoms with van der Waals surface area (Å²) in [4.78, 5) is 14.6. The van der Waals surface area contributed by atoms with Crippen LogP contribution >= 0.6 is 0 Å². The van der Waals surface area contributed by atoms with Crippen molar-refractivity contribution in [1.29, 1.82) is 0 Å². The molecule has 2 aromatic rings. The van der Waals surface area contributed by atoms with Crippen LogP contribution in [0.5, 0.6) is 0 Å². The summed E-state index contributed by atoms with van der Waals surface area (Å²) < 4.78 is 5.76. The van der Waals surface area contributed by atoms with Gasteiger partial charge in [0.2, 0.25) is 5.95 Å². The van der Waals surface area contributed by atoms with Crippen LogP contribution in [0.15, 0.2) is 36.5 Å². The van der Waals surface area contributed by atoms with E-state index < -0.39 is 0 Å². The van der Waals surface area contributed by atoms with Gasteiger partial charge in [0, 0.05) is 63.7 Å². The number of hydrogen-bond donors (Lipinski definition) is 2. The van der Waals surface area contributed by atoms with E-state index in [1.54, 1.807) is 0 Å². The van der Waals surface area contributed by atoms with Gasteiger partial charge in [-0.1, -0.05) is 30.3 Å². The second-order valence-corrected chi connectivity index (χ2v) is 10.4. The van der Waals surface area contributed by atoms with Gasteiger partial charge in [0.25, 0.3) is 0 Å². The molecule has 3 aliphatic rings. The van der Waals surface area contributed by atoms with Crippen molar-refractivity contribution >= 4 is 17.3 Å². The first kappa shape index (κ1) is 24.2. The molecule has 7 nitrogen and oxygen atoms in total. The Bertz CT molecular complexity index is 1040. The van der Waals surface area contributed by atoms with Gasteiger partial charge < -0.3 is 20.3 Å². The Kier molecular flexibility index (Phi) is 7.09. The van der Waals surface area contributed by atoms with Crippen molar-refractivity contribution in [2.75, 3.05) is 56.2 Å². The fourth-order valence-electron chi connectivity index (χ4n) is 5.78. The molecule has 4 heterocycles. The third-order valence-corrected chi connectivity index (χ3v) is 8.02. The standard InChI is InChI=1S/C28H40N6O/c1-20(2)34-14-9-21(3)25-19-30-27(32-26(25)34)31-22(4)23-5-7-24(8-6-23)28(10-17-35-18-11-28)33-15-12-29-13-16-33/h5-9,19-20,22,29H,10-18H2,1-4H3,(H,30,31,32)/t22-/m0/s1. The van der Waals surface area contributed by atoms with E-state index in [1.807, 2.05) is 6.20 Å². The molecule has 0 unspecified atom stereocenters. The highest BCUT2D eigenvalue weighted by Gasteiger charge is 2.40. The molecule has 0 amide bonds. The Hall–Kier alpha value is -2.48. The van der Waals surface area contributed by atoms with Crippen LogP contribution in [0.4, 0.5) is 11.8 Å². The molecule has 3 aliphatic heterocycles. The topological polar surface area (TPSA) is 65.6 Å². The van der Waals surface area contributed by atoms with E-state index in [1.165, 1.54) is 16.7 Å². The van der Waals surface area contributed by atoms with Crippen LogP contribution in [-0.4, -0.2) is 66.8 Å². The maximum absolute atomic E-state index is 5.76. The zero-order valence-corrected chi connectivity index (χ0v) is 21.7. The molecule has 1 aromatic carbocycles. The predicted molar refractivity (Wildman–Crippen MR) is 143 cm³/mol. The van der Waals surface area contributed by atoms with Gasteiger partial charge in [0.15, 0.2) is 0 Å². The number of rotatable bonds is 6. The Balaban J connectivity index is 1.34. The Labute approximate surface area is 210 Å². The molecule has 35 heavy (non-hydrogen) atoms. The molecule has 0 radical (unpaired) electrons. The second-order valence-electron chi connectivity index (χ2n) is 10.4. The summed E-state index contributed by atoms with van der Waals surface area (Å²) in [5.41, 5.74) is 5.12. The molecule has 5 rings (SSSR count). The lowest BCUT2D eigenvalue weighted by Gasteiger charge is -2.48. The lowest BCUT2D eigenvalue weighted by molar-refractivity contribution is -0.0373. The van der Waals surface area contributed by atoms with Crippen LogP contribution in [0.2, 0.25) is 0 Å². The summed E-state index contributed by atoms with van der Waals surface area (Å²) in [7, 11) is 0. The molecule has 0 bridgehead atoms. The number of hydrogen-bond acceptors (Lipinski definition) is 7. The van der Waals surface area contributed by atoms with Crippen molar-refractivity contribution in [1.82, 2.24) is 20.2 Å². The van der Waals surface area contributed by atoms with Gasteiger partial charge in [0.05, 0.1) is 11.6 Å². The Morgan fingerprint density at radius 3 is 2.46 bits per heavy atom. The molecule has 0 saturated carbocycles. The molecular weight excluding hydrogens is 436 g/mol. The first-order chi connectivity index (χ1) is 17.0. The SMILES string of the molecule is CC1=CCN(C(C)C)c2nc(N[C@@H](C)c3ccc(C4(N5CCNCC5)CCOCC4)cc3)ncc21. The number of piperazine rings is 1. The van der Waals surface area contributed by atoms with E-state index >= 15 is 0 Å². The number of nitrogens with one attached hydrogen (secondary N) is 2. The second kappa shape index (κ2) is 10.2. The number of anilines is 2. The minimum absolute atomic E-state index is 0.0861. The molecular formula is C28H40N6O. The van der Waals surface area contributed by atoms with E-state index in [4.69, 9.17) is 9.72 Å². The maximum atomic E-state index is 5.76. The number of aromatic nitrogens is 2. The summed E-state index contributed by atoms with van der Waals surface area (Å²) in [6.07, 6.45) is 6.34. The fraction of sp³-hybridized carbons (Fsp3) is 0.571.